The van der Waals surface area contributed by atoms with Crippen molar-refractivity contribution in [3.05, 3.63) is 17.0 Å². The molecule has 6 heteroatoms. The second kappa shape index (κ2) is 6.35. The molecule has 0 spiro atoms. The summed E-state index contributed by atoms with van der Waals surface area (Å²) >= 11 is 1.13. The summed E-state index contributed by atoms with van der Waals surface area (Å²) in [4.78, 5) is 0.675. The molecular weight excluding hydrogens is 282 g/mol. The van der Waals surface area contributed by atoms with Gasteiger partial charge in [0.05, 0.1) is 6.61 Å². The van der Waals surface area contributed by atoms with E-state index >= 15 is 0 Å². The number of sulfonamides is 1. The average molecular weight is 303 g/mol. The highest BCUT2D eigenvalue weighted by molar-refractivity contribution is 7.91. The molecular formula is C13H21NO3S2. The van der Waals surface area contributed by atoms with E-state index in [0.717, 1.165) is 30.6 Å². The highest BCUT2D eigenvalue weighted by Gasteiger charge is 2.26. The lowest BCUT2D eigenvalue weighted by molar-refractivity contribution is 0.285. The zero-order valence-corrected chi connectivity index (χ0v) is 12.8. The number of hydrogen-bond donors (Lipinski definition) is 2. The minimum atomic E-state index is -3.44. The predicted molar refractivity (Wildman–Crippen MR) is 76.6 cm³/mol. The molecule has 0 amide bonds. The van der Waals surface area contributed by atoms with E-state index in [1.807, 2.05) is 0 Å². The first kappa shape index (κ1) is 15.0. The Kier molecular flexibility index (Phi) is 5.00. The highest BCUT2D eigenvalue weighted by atomic mass is 32.2. The van der Waals surface area contributed by atoms with Crippen molar-refractivity contribution in [1.82, 2.24) is 4.72 Å². The normalized spacial score (nSPS) is 25.2. The second-order valence-corrected chi connectivity index (χ2v) is 8.33. The van der Waals surface area contributed by atoms with Crippen molar-refractivity contribution < 1.29 is 13.5 Å². The maximum atomic E-state index is 12.3. The lowest BCUT2D eigenvalue weighted by Crippen LogP contribution is -2.38. The molecule has 2 N–H and O–H groups in total. The van der Waals surface area contributed by atoms with E-state index in [0.29, 0.717) is 15.0 Å². The molecule has 2 unspecified atom stereocenters. The number of nitrogens with one attached hydrogen (secondary N) is 1. The van der Waals surface area contributed by atoms with Crippen LogP contribution >= 0.6 is 11.3 Å². The predicted octanol–water partition coefficient (Wildman–Crippen LogP) is 2.49. The summed E-state index contributed by atoms with van der Waals surface area (Å²) in [6.45, 7) is 2.01. The van der Waals surface area contributed by atoms with Gasteiger partial charge in [0.1, 0.15) is 4.21 Å². The third-order valence-electron chi connectivity index (χ3n) is 3.73. The summed E-state index contributed by atoms with van der Waals surface area (Å²) in [5.41, 5.74) is 0. The van der Waals surface area contributed by atoms with Crippen LogP contribution in [0.3, 0.4) is 0 Å². The first-order valence-electron chi connectivity index (χ1n) is 6.75. The molecule has 4 nitrogen and oxygen atoms in total. The van der Waals surface area contributed by atoms with Crippen molar-refractivity contribution >= 4 is 21.4 Å². The van der Waals surface area contributed by atoms with E-state index in [-0.39, 0.29) is 12.6 Å². The maximum Gasteiger partial charge on any atom is 0.250 e. The largest absolute Gasteiger partial charge is 0.391 e. The zero-order valence-electron chi connectivity index (χ0n) is 11.1. The Labute approximate surface area is 118 Å². The molecule has 108 valence electrons. The van der Waals surface area contributed by atoms with E-state index in [4.69, 9.17) is 5.11 Å². The molecule has 0 radical (unpaired) electrons. The van der Waals surface area contributed by atoms with Gasteiger partial charge in [0.15, 0.2) is 0 Å². The van der Waals surface area contributed by atoms with Gasteiger partial charge in [-0.3, -0.25) is 0 Å². The first-order chi connectivity index (χ1) is 9.03. The average Bonchev–Trinajstić information content (AvgIpc) is 2.78. The van der Waals surface area contributed by atoms with E-state index in [2.05, 4.69) is 11.6 Å². The third-order valence-corrected chi connectivity index (χ3v) is 6.78. The van der Waals surface area contributed by atoms with Gasteiger partial charge in [-0.1, -0.05) is 26.2 Å². The summed E-state index contributed by atoms with van der Waals surface area (Å²) in [6, 6.07) is 3.27. The molecule has 1 saturated carbocycles. The summed E-state index contributed by atoms with van der Waals surface area (Å²) in [6.07, 6.45) is 5.46. The van der Waals surface area contributed by atoms with Gasteiger partial charge >= 0.3 is 0 Å². The molecule has 1 heterocycles. The molecule has 19 heavy (non-hydrogen) atoms. The van der Waals surface area contributed by atoms with E-state index in [9.17, 15) is 8.42 Å². The fraction of sp³-hybridized carbons (Fsp3) is 0.692. The van der Waals surface area contributed by atoms with Crippen LogP contribution in [0.4, 0.5) is 0 Å². The molecule has 1 aliphatic carbocycles. The van der Waals surface area contributed by atoms with Crippen LogP contribution in [-0.4, -0.2) is 19.6 Å². The number of thiophene rings is 1. The number of hydrogen-bond acceptors (Lipinski definition) is 4. The minimum Gasteiger partial charge on any atom is -0.391 e. The molecule has 0 aliphatic heterocycles. The van der Waals surface area contributed by atoms with Crippen molar-refractivity contribution in [1.29, 1.82) is 0 Å². The Balaban J connectivity index is 2.11. The number of rotatable bonds is 4. The van der Waals surface area contributed by atoms with Crippen LogP contribution in [0.1, 0.15) is 43.9 Å². The SMILES string of the molecule is CC1CCCCCC1NS(=O)(=O)c1ccc(CO)s1. The Morgan fingerprint density at radius 3 is 2.74 bits per heavy atom. The molecule has 0 aromatic carbocycles. The number of aliphatic hydroxyl groups is 1. The van der Waals surface area contributed by atoms with Crippen LogP contribution < -0.4 is 4.72 Å². The summed E-state index contributed by atoms with van der Waals surface area (Å²) in [5, 5.41) is 9.01. The van der Waals surface area contributed by atoms with Gasteiger partial charge in [-0.15, -0.1) is 11.3 Å². The van der Waals surface area contributed by atoms with Gasteiger partial charge in [0.2, 0.25) is 10.0 Å². The van der Waals surface area contributed by atoms with Crippen molar-refractivity contribution in [3.63, 3.8) is 0 Å². The molecule has 1 aliphatic rings. The van der Waals surface area contributed by atoms with Gasteiger partial charge in [-0.05, 0) is 30.9 Å². The quantitative estimate of drug-likeness (QED) is 0.840. The topological polar surface area (TPSA) is 66.4 Å². The fourth-order valence-electron chi connectivity index (χ4n) is 2.51. The lowest BCUT2D eigenvalue weighted by atomic mass is 9.98. The highest BCUT2D eigenvalue weighted by Crippen LogP contribution is 2.26. The molecule has 2 atom stereocenters. The van der Waals surface area contributed by atoms with Crippen LogP contribution in [0.2, 0.25) is 0 Å². The lowest BCUT2D eigenvalue weighted by Gasteiger charge is -2.22. The molecule has 2 rings (SSSR count). The van der Waals surface area contributed by atoms with E-state index in [1.165, 1.54) is 12.8 Å². The summed E-state index contributed by atoms with van der Waals surface area (Å²) in [7, 11) is -3.44. The monoisotopic (exact) mass is 303 g/mol. The van der Waals surface area contributed by atoms with Crippen molar-refractivity contribution in [2.24, 2.45) is 5.92 Å². The van der Waals surface area contributed by atoms with Crippen molar-refractivity contribution in [3.8, 4) is 0 Å². The summed E-state index contributed by atoms with van der Waals surface area (Å²) < 4.78 is 27.7. The Morgan fingerprint density at radius 2 is 2.05 bits per heavy atom. The number of aliphatic hydroxyl groups excluding tert-OH is 1. The van der Waals surface area contributed by atoms with Gasteiger partial charge in [-0.25, -0.2) is 13.1 Å². The van der Waals surface area contributed by atoms with Crippen LogP contribution in [0.15, 0.2) is 16.3 Å². The van der Waals surface area contributed by atoms with Gasteiger partial charge < -0.3 is 5.11 Å². The van der Waals surface area contributed by atoms with Crippen molar-refractivity contribution in [2.75, 3.05) is 0 Å². The van der Waals surface area contributed by atoms with Crippen LogP contribution in [0, 0.1) is 5.92 Å². The summed E-state index contributed by atoms with van der Waals surface area (Å²) in [5.74, 6) is 0.384. The van der Waals surface area contributed by atoms with Crippen LogP contribution in [0.5, 0.6) is 0 Å². The third kappa shape index (κ3) is 3.78. The van der Waals surface area contributed by atoms with E-state index < -0.39 is 10.0 Å². The zero-order chi connectivity index (χ0) is 13.9. The standard InChI is InChI=1S/C13H21NO3S2/c1-10-5-3-2-4-6-12(10)14-19(16,17)13-8-7-11(9-15)18-13/h7-8,10,12,14-15H,2-6,9H2,1H3. The van der Waals surface area contributed by atoms with Gasteiger partial charge in [0.25, 0.3) is 0 Å². The maximum absolute atomic E-state index is 12.3. The fourth-order valence-corrected chi connectivity index (χ4v) is 5.12. The molecule has 0 saturated heterocycles. The Hall–Kier alpha value is -0.430. The second-order valence-electron chi connectivity index (χ2n) is 5.22. The van der Waals surface area contributed by atoms with E-state index in [1.54, 1.807) is 12.1 Å². The van der Waals surface area contributed by atoms with Crippen LogP contribution in [-0.2, 0) is 16.6 Å². The molecule has 0 bridgehead atoms. The van der Waals surface area contributed by atoms with Crippen LogP contribution in [0.25, 0.3) is 0 Å². The molecule has 1 aromatic heterocycles. The Morgan fingerprint density at radius 1 is 1.32 bits per heavy atom. The smallest absolute Gasteiger partial charge is 0.250 e. The first-order valence-corrected chi connectivity index (χ1v) is 9.05. The van der Waals surface area contributed by atoms with Gasteiger partial charge in [0, 0.05) is 10.9 Å². The molecule has 1 aromatic rings. The van der Waals surface area contributed by atoms with Crippen molar-refractivity contribution in [2.45, 2.75) is 55.9 Å². The Bertz CT molecular complexity index is 510. The molecule has 1 fully saturated rings. The minimum absolute atomic E-state index is 0.0344. The van der Waals surface area contributed by atoms with Gasteiger partial charge in [-0.2, -0.15) is 0 Å².